The van der Waals surface area contributed by atoms with Crippen molar-refractivity contribution in [1.29, 1.82) is 0 Å². The Balaban J connectivity index is 1.93. The number of carbonyl (C=O) groups is 1. The van der Waals surface area contributed by atoms with Crippen molar-refractivity contribution < 1.29 is 9.53 Å². The molecule has 1 aromatic carbocycles. The minimum absolute atomic E-state index is 0.313. The summed E-state index contributed by atoms with van der Waals surface area (Å²) in [5.74, 6) is 1.65. The normalized spacial score (nSPS) is 15.4. The molecule has 92 valence electrons. The van der Waals surface area contributed by atoms with Crippen molar-refractivity contribution >= 4 is 21.7 Å². The number of Topliss-reactive ketones (excluding diaryl/α,β-unsaturated/α-hetero) is 1. The molecule has 0 radical (unpaired) electrons. The van der Waals surface area contributed by atoms with E-state index in [4.69, 9.17) is 4.74 Å². The van der Waals surface area contributed by atoms with Crippen LogP contribution in [0.2, 0.25) is 0 Å². The second kappa shape index (κ2) is 5.65. The van der Waals surface area contributed by atoms with Gasteiger partial charge in [-0.05, 0) is 52.6 Å². The van der Waals surface area contributed by atoms with Gasteiger partial charge in [0.25, 0.3) is 0 Å². The molecule has 2 rings (SSSR count). The Kier molecular flexibility index (Phi) is 4.18. The van der Waals surface area contributed by atoms with Gasteiger partial charge in [0.15, 0.2) is 0 Å². The lowest BCUT2D eigenvalue weighted by molar-refractivity contribution is -0.119. The fourth-order valence-corrected chi connectivity index (χ4v) is 2.52. The van der Waals surface area contributed by atoms with E-state index in [2.05, 4.69) is 21.2 Å². The van der Waals surface area contributed by atoms with Crippen LogP contribution in [0.25, 0.3) is 0 Å². The van der Waals surface area contributed by atoms with Gasteiger partial charge >= 0.3 is 0 Å². The van der Waals surface area contributed by atoms with E-state index in [-0.39, 0.29) is 0 Å². The van der Waals surface area contributed by atoms with Gasteiger partial charge < -0.3 is 10.1 Å². The maximum atomic E-state index is 11.8. The smallest absolute Gasteiger partial charge is 0.137 e. The van der Waals surface area contributed by atoms with E-state index in [0.717, 1.165) is 28.9 Å². The van der Waals surface area contributed by atoms with Gasteiger partial charge in [-0.15, -0.1) is 0 Å². The predicted molar refractivity (Wildman–Crippen MR) is 70.4 cm³/mol. The monoisotopic (exact) mass is 297 g/mol. The Labute approximate surface area is 110 Å². The molecule has 0 aliphatic carbocycles. The van der Waals surface area contributed by atoms with Gasteiger partial charge in [-0.25, -0.2) is 0 Å². The molecule has 0 atom stereocenters. The van der Waals surface area contributed by atoms with E-state index in [9.17, 15) is 4.79 Å². The standard InChI is InChI=1S/C13H16BrNO2/c1-17-13-3-2-9(6-12(13)14)4-11(16)5-10-7-15-8-10/h2-3,6,10,15H,4-5,7-8H2,1H3. The van der Waals surface area contributed by atoms with Crippen LogP contribution < -0.4 is 10.1 Å². The lowest BCUT2D eigenvalue weighted by Crippen LogP contribution is -2.43. The van der Waals surface area contributed by atoms with Crippen molar-refractivity contribution in [3.05, 3.63) is 28.2 Å². The molecule has 1 heterocycles. The highest BCUT2D eigenvalue weighted by atomic mass is 79.9. The molecular formula is C13H16BrNO2. The zero-order valence-corrected chi connectivity index (χ0v) is 11.4. The third kappa shape index (κ3) is 3.30. The first-order chi connectivity index (χ1) is 8.19. The van der Waals surface area contributed by atoms with Gasteiger partial charge in [-0.1, -0.05) is 6.07 Å². The van der Waals surface area contributed by atoms with Crippen LogP contribution in [-0.2, 0) is 11.2 Å². The van der Waals surface area contributed by atoms with E-state index < -0.39 is 0 Å². The molecule has 17 heavy (non-hydrogen) atoms. The van der Waals surface area contributed by atoms with E-state index in [1.807, 2.05) is 18.2 Å². The molecule has 3 nitrogen and oxygen atoms in total. The van der Waals surface area contributed by atoms with Crippen LogP contribution in [0.5, 0.6) is 5.75 Å². The average molecular weight is 298 g/mol. The Hall–Kier alpha value is -0.870. The van der Waals surface area contributed by atoms with Gasteiger partial charge in [0.1, 0.15) is 11.5 Å². The number of halogens is 1. The molecule has 1 aliphatic heterocycles. The van der Waals surface area contributed by atoms with Crippen LogP contribution in [0, 0.1) is 5.92 Å². The summed E-state index contributed by atoms with van der Waals surface area (Å²) in [5.41, 5.74) is 1.04. The summed E-state index contributed by atoms with van der Waals surface area (Å²) in [7, 11) is 1.63. The number of nitrogens with one attached hydrogen (secondary N) is 1. The van der Waals surface area contributed by atoms with Gasteiger partial charge in [0.2, 0.25) is 0 Å². The maximum absolute atomic E-state index is 11.8. The first kappa shape index (κ1) is 12.6. The van der Waals surface area contributed by atoms with Crippen molar-refractivity contribution in [2.24, 2.45) is 5.92 Å². The average Bonchev–Trinajstić information content (AvgIpc) is 2.24. The van der Waals surface area contributed by atoms with Gasteiger partial charge in [-0.2, -0.15) is 0 Å². The van der Waals surface area contributed by atoms with Crippen molar-refractivity contribution in [3.8, 4) is 5.75 Å². The first-order valence-corrected chi connectivity index (χ1v) is 6.53. The molecule has 1 fully saturated rings. The summed E-state index contributed by atoms with van der Waals surface area (Å²) in [4.78, 5) is 11.8. The third-order valence-electron chi connectivity index (χ3n) is 3.00. The molecule has 1 aliphatic rings. The SMILES string of the molecule is COc1ccc(CC(=O)CC2CNC2)cc1Br. The van der Waals surface area contributed by atoms with E-state index in [1.165, 1.54) is 0 Å². The summed E-state index contributed by atoms with van der Waals surface area (Å²) in [6, 6.07) is 5.79. The predicted octanol–water partition coefficient (Wildman–Crippen LogP) is 2.18. The van der Waals surface area contributed by atoms with Crippen LogP contribution in [-0.4, -0.2) is 26.0 Å². The van der Waals surface area contributed by atoms with Crippen molar-refractivity contribution in [2.45, 2.75) is 12.8 Å². The highest BCUT2D eigenvalue weighted by Gasteiger charge is 2.20. The molecule has 0 spiro atoms. The lowest BCUT2D eigenvalue weighted by Gasteiger charge is -2.26. The highest BCUT2D eigenvalue weighted by molar-refractivity contribution is 9.10. The fourth-order valence-electron chi connectivity index (χ4n) is 1.93. The number of methoxy groups -OCH3 is 1. The topological polar surface area (TPSA) is 38.3 Å². The molecule has 4 heteroatoms. The number of ketones is 1. The Morgan fingerprint density at radius 2 is 2.29 bits per heavy atom. The van der Waals surface area contributed by atoms with Crippen molar-refractivity contribution in [3.63, 3.8) is 0 Å². The number of rotatable bonds is 5. The molecule has 1 N–H and O–H groups in total. The fraction of sp³-hybridized carbons (Fsp3) is 0.462. The van der Waals surface area contributed by atoms with Gasteiger partial charge in [-0.3, -0.25) is 4.79 Å². The lowest BCUT2D eigenvalue weighted by atomic mass is 9.94. The number of hydrogen-bond donors (Lipinski definition) is 1. The van der Waals surface area contributed by atoms with E-state index in [0.29, 0.717) is 24.5 Å². The summed E-state index contributed by atoms with van der Waals surface area (Å²) in [5, 5.41) is 3.18. The van der Waals surface area contributed by atoms with Gasteiger partial charge in [0, 0.05) is 12.8 Å². The molecule has 1 saturated heterocycles. The molecular weight excluding hydrogens is 282 g/mol. The third-order valence-corrected chi connectivity index (χ3v) is 3.62. The molecule has 0 aromatic heterocycles. The summed E-state index contributed by atoms with van der Waals surface area (Å²) in [6.45, 7) is 1.97. The molecule has 0 unspecified atom stereocenters. The van der Waals surface area contributed by atoms with Crippen molar-refractivity contribution in [2.75, 3.05) is 20.2 Å². The number of carbonyl (C=O) groups excluding carboxylic acids is 1. The second-order valence-corrected chi connectivity index (χ2v) is 5.27. The minimum Gasteiger partial charge on any atom is -0.496 e. The molecule has 1 aromatic rings. The highest BCUT2D eigenvalue weighted by Crippen LogP contribution is 2.26. The zero-order chi connectivity index (χ0) is 12.3. The minimum atomic E-state index is 0.313. The van der Waals surface area contributed by atoms with Gasteiger partial charge in [0.05, 0.1) is 11.6 Å². The Morgan fingerprint density at radius 3 is 2.82 bits per heavy atom. The Bertz CT molecular complexity index is 416. The van der Waals surface area contributed by atoms with E-state index >= 15 is 0 Å². The van der Waals surface area contributed by atoms with Crippen LogP contribution in [0.3, 0.4) is 0 Å². The molecule has 0 bridgehead atoms. The Morgan fingerprint density at radius 1 is 1.53 bits per heavy atom. The van der Waals surface area contributed by atoms with Crippen LogP contribution in [0.4, 0.5) is 0 Å². The molecule has 0 saturated carbocycles. The number of benzene rings is 1. The number of hydrogen-bond acceptors (Lipinski definition) is 3. The summed E-state index contributed by atoms with van der Waals surface area (Å²) >= 11 is 3.43. The van der Waals surface area contributed by atoms with E-state index in [1.54, 1.807) is 7.11 Å². The number of ether oxygens (including phenoxy) is 1. The maximum Gasteiger partial charge on any atom is 0.137 e. The van der Waals surface area contributed by atoms with Crippen LogP contribution >= 0.6 is 15.9 Å². The summed E-state index contributed by atoms with van der Waals surface area (Å²) < 4.78 is 6.05. The van der Waals surface area contributed by atoms with Crippen LogP contribution in [0.1, 0.15) is 12.0 Å². The molecule has 0 amide bonds. The first-order valence-electron chi connectivity index (χ1n) is 5.74. The van der Waals surface area contributed by atoms with Crippen LogP contribution in [0.15, 0.2) is 22.7 Å². The second-order valence-electron chi connectivity index (χ2n) is 4.41. The summed E-state index contributed by atoms with van der Waals surface area (Å²) in [6.07, 6.45) is 1.20. The largest absolute Gasteiger partial charge is 0.496 e. The van der Waals surface area contributed by atoms with Crippen molar-refractivity contribution in [1.82, 2.24) is 5.32 Å². The quantitative estimate of drug-likeness (QED) is 0.905. The zero-order valence-electron chi connectivity index (χ0n) is 9.83.